The van der Waals surface area contributed by atoms with Crippen LogP contribution in [-0.4, -0.2) is 18.7 Å². The first-order valence-corrected chi connectivity index (χ1v) is 4.26. The van der Waals surface area contributed by atoms with Gasteiger partial charge in [-0.2, -0.15) is 5.06 Å². The highest BCUT2D eigenvalue weighted by Gasteiger charge is 2.14. The van der Waals surface area contributed by atoms with Gasteiger partial charge < -0.3 is 4.84 Å². The maximum atomic E-state index is 5.18. The molecule has 1 aromatic rings. The van der Waals surface area contributed by atoms with Gasteiger partial charge in [0.15, 0.2) is 0 Å². The van der Waals surface area contributed by atoms with Gasteiger partial charge in [0, 0.05) is 13.1 Å². The van der Waals surface area contributed by atoms with E-state index in [0.717, 1.165) is 19.5 Å². The number of hydrogen-bond acceptors (Lipinski definition) is 2. The van der Waals surface area contributed by atoms with Crippen molar-refractivity contribution in [3.8, 4) is 0 Å². The molecule has 0 spiro atoms. The van der Waals surface area contributed by atoms with E-state index in [2.05, 4.69) is 24.3 Å². The van der Waals surface area contributed by atoms with Gasteiger partial charge in [-0.15, -0.1) is 0 Å². The van der Waals surface area contributed by atoms with E-state index in [9.17, 15) is 0 Å². The lowest BCUT2D eigenvalue weighted by atomic mass is 10.0. The van der Waals surface area contributed by atoms with E-state index in [1.807, 2.05) is 5.06 Å². The van der Waals surface area contributed by atoms with Crippen molar-refractivity contribution < 1.29 is 4.84 Å². The Morgan fingerprint density at radius 1 is 1.25 bits per heavy atom. The number of rotatable bonds is 1. The summed E-state index contributed by atoms with van der Waals surface area (Å²) in [5.41, 5.74) is 2.86. The Bertz CT molecular complexity index is 272. The average Bonchev–Trinajstić information content (AvgIpc) is 2.17. The molecule has 0 atom stereocenters. The minimum Gasteiger partial charge on any atom is -0.302 e. The number of benzene rings is 1. The van der Waals surface area contributed by atoms with Gasteiger partial charge in [0.2, 0.25) is 0 Å². The lowest BCUT2D eigenvalue weighted by Gasteiger charge is -2.26. The van der Waals surface area contributed by atoms with Crippen molar-refractivity contribution in [1.82, 2.24) is 5.06 Å². The van der Waals surface area contributed by atoms with E-state index in [4.69, 9.17) is 4.84 Å². The van der Waals surface area contributed by atoms with Crippen LogP contribution in [0.15, 0.2) is 24.3 Å². The van der Waals surface area contributed by atoms with E-state index < -0.39 is 0 Å². The first-order chi connectivity index (χ1) is 5.90. The van der Waals surface area contributed by atoms with Crippen LogP contribution in [0.25, 0.3) is 0 Å². The predicted molar refractivity (Wildman–Crippen MR) is 47.6 cm³/mol. The predicted octanol–water partition coefficient (Wildman–Crippen LogP) is 1.61. The molecule has 0 saturated carbocycles. The monoisotopic (exact) mass is 163 g/mol. The molecular weight excluding hydrogens is 150 g/mol. The molecule has 64 valence electrons. The molecule has 1 aromatic carbocycles. The van der Waals surface area contributed by atoms with Crippen LogP contribution in [0.4, 0.5) is 0 Å². The Balaban J connectivity index is 2.23. The van der Waals surface area contributed by atoms with Crippen molar-refractivity contribution in [2.45, 2.75) is 13.0 Å². The molecule has 12 heavy (non-hydrogen) atoms. The molecule has 0 unspecified atom stereocenters. The van der Waals surface area contributed by atoms with Crippen LogP contribution in [0.2, 0.25) is 0 Å². The van der Waals surface area contributed by atoms with Crippen LogP contribution < -0.4 is 0 Å². The van der Waals surface area contributed by atoms with Crippen LogP contribution in [0, 0.1) is 0 Å². The highest BCUT2D eigenvalue weighted by molar-refractivity contribution is 5.28. The van der Waals surface area contributed by atoms with Crippen LogP contribution in [0.5, 0.6) is 0 Å². The highest BCUT2D eigenvalue weighted by Crippen LogP contribution is 2.17. The fraction of sp³-hybridized carbons (Fsp3) is 0.400. The van der Waals surface area contributed by atoms with E-state index in [0.29, 0.717) is 0 Å². The standard InChI is InChI=1S/C10H13NO/c1-12-11-7-6-9-4-2-3-5-10(9)8-11/h2-5H,6-8H2,1H3. The van der Waals surface area contributed by atoms with Crippen LogP contribution >= 0.6 is 0 Å². The van der Waals surface area contributed by atoms with Gasteiger partial charge in [-0.05, 0) is 17.5 Å². The first-order valence-electron chi connectivity index (χ1n) is 4.26. The second kappa shape index (κ2) is 3.25. The summed E-state index contributed by atoms with van der Waals surface area (Å²) in [4.78, 5) is 5.18. The van der Waals surface area contributed by atoms with E-state index in [1.165, 1.54) is 11.1 Å². The van der Waals surface area contributed by atoms with Gasteiger partial charge in [-0.3, -0.25) is 0 Å². The first kappa shape index (κ1) is 7.77. The van der Waals surface area contributed by atoms with Crippen molar-refractivity contribution in [3.05, 3.63) is 35.4 Å². The van der Waals surface area contributed by atoms with Crippen molar-refractivity contribution in [3.63, 3.8) is 0 Å². The largest absolute Gasteiger partial charge is 0.302 e. The van der Waals surface area contributed by atoms with Gasteiger partial charge >= 0.3 is 0 Å². The molecule has 1 aliphatic heterocycles. The maximum absolute atomic E-state index is 5.18. The van der Waals surface area contributed by atoms with E-state index in [1.54, 1.807) is 7.11 Å². The fourth-order valence-corrected chi connectivity index (χ4v) is 1.63. The summed E-state index contributed by atoms with van der Waals surface area (Å²) in [5.74, 6) is 0. The van der Waals surface area contributed by atoms with E-state index in [-0.39, 0.29) is 0 Å². The Morgan fingerprint density at radius 3 is 2.75 bits per heavy atom. The molecule has 0 N–H and O–H groups in total. The molecule has 2 rings (SSSR count). The molecule has 0 fully saturated rings. The molecule has 1 heterocycles. The number of hydrogen-bond donors (Lipinski definition) is 0. The van der Waals surface area contributed by atoms with Crippen LogP contribution in [-0.2, 0) is 17.8 Å². The molecular formula is C10H13NO. The molecule has 2 nitrogen and oxygen atoms in total. The van der Waals surface area contributed by atoms with Crippen LogP contribution in [0.1, 0.15) is 11.1 Å². The summed E-state index contributed by atoms with van der Waals surface area (Å²) in [6, 6.07) is 8.54. The van der Waals surface area contributed by atoms with Gasteiger partial charge in [0.05, 0.1) is 7.11 Å². The molecule has 0 amide bonds. The highest BCUT2D eigenvalue weighted by atomic mass is 16.7. The van der Waals surface area contributed by atoms with E-state index >= 15 is 0 Å². The Labute approximate surface area is 72.7 Å². The van der Waals surface area contributed by atoms with Crippen molar-refractivity contribution in [2.75, 3.05) is 13.7 Å². The molecule has 0 bridgehead atoms. The lowest BCUT2D eigenvalue weighted by molar-refractivity contribution is -0.142. The molecule has 2 heteroatoms. The smallest absolute Gasteiger partial charge is 0.0575 e. The van der Waals surface area contributed by atoms with Crippen molar-refractivity contribution in [2.24, 2.45) is 0 Å². The molecule has 0 saturated heterocycles. The average molecular weight is 163 g/mol. The minimum absolute atomic E-state index is 0.923. The summed E-state index contributed by atoms with van der Waals surface area (Å²) in [5, 5.41) is 1.99. The molecule has 1 aliphatic rings. The Morgan fingerprint density at radius 2 is 2.00 bits per heavy atom. The third-order valence-electron chi connectivity index (χ3n) is 2.35. The minimum atomic E-state index is 0.923. The van der Waals surface area contributed by atoms with Gasteiger partial charge in [-0.25, -0.2) is 0 Å². The summed E-state index contributed by atoms with van der Waals surface area (Å²) in [6.45, 7) is 1.93. The summed E-state index contributed by atoms with van der Waals surface area (Å²) in [6.07, 6.45) is 1.10. The topological polar surface area (TPSA) is 12.5 Å². The quantitative estimate of drug-likeness (QED) is 0.623. The SMILES string of the molecule is CON1CCc2ccccc2C1. The lowest BCUT2D eigenvalue weighted by Crippen LogP contribution is -2.29. The van der Waals surface area contributed by atoms with Gasteiger partial charge in [0.1, 0.15) is 0 Å². The normalized spacial score (nSPS) is 17.4. The maximum Gasteiger partial charge on any atom is 0.0575 e. The second-order valence-corrected chi connectivity index (χ2v) is 3.06. The summed E-state index contributed by atoms with van der Waals surface area (Å²) in [7, 11) is 1.73. The summed E-state index contributed by atoms with van der Waals surface area (Å²) >= 11 is 0. The van der Waals surface area contributed by atoms with Crippen molar-refractivity contribution in [1.29, 1.82) is 0 Å². The van der Waals surface area contributed by atoms with Crippen LogP contribution in [0.3, 0.4) is 0 Å². The third kappa shape index (κ3) is 1.36. The van der Waals surface area contributed by atoms with Gasteiger partial charge in [-0.1, -0.05) is 24.3 Å². The third-order valence-corrected chi connectivity index (χ3v) is 2.35. The molecule has 0 aliphatic carbocycles. The Hall–Kier alpha value is -0.860. The number of fused-ring (bicyclic) bond motifs is 1. The van der Waals surface area contributed by atoms with Crippen molar-refractivity contribution >= 4 is 0 Å². The zero-order valence-corrected chi connectivity index (χ0v) is 7.29. The molecule has 0 radical (unpaired) electrons. The Kier molecular flexibility index (Phi) is 2.11. The summed E-state index contributed by atoms with van der Waals surface area (Å²) < 4.78 is 0. The fourth-order valence-electron chi connectivity index (χ4n) is 1.63. The zero-order chi connectivity index (χ0) is 8.39. The number of nitrogens with zero attached hydrogens (tertiary/aromatic N) is 1. The zero-order valence-electron chi connectivity index (χ0n) is 7.29. The van der Waals surface area contributed by atoms with Gasteiger partial charge in [0.25, 0.3) is 0 Å². The number of hydroxylamine groups is 2. The molecule has 0 aromatic heterocycles. The second-order valence-electron chi connectivity index (χ2n) is 3.06.